The van der Waals surface area contributed by atoms with Crippen LogP contribution in [-0.4, -0.2) is 22.3 Å². The van der Waals surface area contributed by atoms with Crippen molar-refractivity contribution in [3.8, 4) is 0 Å². The largest absolute Gasteiger partial charge is 0.379 e. The first-order valence-electron chi connectivity index (χ1n) is 5.05. The molecule has 0 spiro atoms. The van der Waals surface area contributed by atoms with Crippen LogP contribution in [0.3, 0.4) is 0 Å². The van der Waals surface area contributed by atoms with Crippen LogP contribution in [0.15, 0.2) is 12.4 Å². The van der Waals surface area contributed by atoms with E-state index in [0.29, 0.717) is 12.6 Å². The molecule has 0 bridgehead atoms. The monoisotopic (exact) mass is 197 g/mol. The number of rotatable bonds is 6. The van der Waals surface area contributed by atoms with Crippen LogP contribution in [0.2, 0.25) is 0 Å². The highest BCUT2D eigenvalue weighted by molar-refractivity contribution is 4.90. The Bertz CT molecular complexity index is 258. The predicted molar refractivity (Wildman–Crippen MR) is 55.8 cm³/mol. The van der Waals surface area contributed by atoms with Crippen LogP contribution in [0.4, 0.5) is 0 Å². The Morgan fingerprint density at radius 3 is 3.00 bits per heavy atom. The van der Waals surface area contributed by atoms with E-state index in [2.05, 4.69) is 9.55 Å². The third-order valence-corrected chi connectivity index (χ3v) is 1.98. The molecule has 0 radical (unpaired) electrons. The Labute approximate surface area is 85.1 Å². The maximum Gasteiger partial charge on any atom is 0.122 e. The Morgan fingerprint density at radius 2 is 2.36 bits per heavy atom. The number of ether oxygens (including phenoxy) is 1. The lowest BCUT2D eigenvalue weighted by Gasteiger charge is -2.08. The van der Waals surface area contributed by atoms with Crippen molar-refractivity contribution in [3.63, 3.8) is 0 Å². The molecule has 1 rings (SSSR count). The third kappa shape index (κ3) is 3.47. The smallest absolute Gasteiger partial charge is 0.122 e. The summed E-state index contributed by atoms with van der Waals surface area (Å²) in [4.78, 5) is 4.15. The molecule has 0 aliphatic rings. The van der Waals surface area contributed by atoms with Crippen molar-refractivity contribution in [2.75, 3.05) is 6.61 Å². The molecule has 0 aliphatic carbocycles. The number of imidazole rings is 1. The SMILES string of the molecule is CC(C)OCCCn1ccnc1CN. The van der Waals surface area contributed by atoms with Crippen LogP contribution in [0, 0.1) is 0 Å². The Morgan fingerprint density at radius 1 is 1.57 bits per heavy atom. The molecular formula is C10H19N3O. The van der Waals surface area contributed by atoms with E-state index in [1.807, 2.05) is 20.0 Å². The zero-order valence-corrected chi connectivity index (χ0v) is 8.94. The molecule has 80 valence electrons. The number of nitrogens with zero attached hydrogens (tertiary/aromatic N) is 2. The van der Waals surface area contributed by atoms with E-state index < -0.39 is 0 Å². The summed E-state index contributed by atoms with van der Waals surface area (Å²) in [6.07, 6.45) is 5.05. The van der Waals surface area contributed by atoms with Crippen LogP contribution in [-0.2, 0) is 17.8 Å². The fraction of sp³-hybridized carbons (Fsp3) is 0.700. The highest BCUT2D eigenvalue weighted by Crippen LogP contribution is 1.99. The van der Waals surface area contributed by atoms with Crippen LogP contribution >= 0.6 is 0 Å². The summed E-state index contributed by atoms with van der Waals surface area (Å²) >= 11 is 0. The minimum atomic E-state index is 0.312. The molecule has 1 aromatic heterocycles. The van der Waals surface area contributed by atoms with Crippen LogP contribution in [0.1, 0.15) is 26.1 Å². The van der Waals surface area contributed by atoms with Gasteiger partial charge in [-0.05, 0) is 20.3 Å². The van der Waals surface area contributed by atoms with Crippen LogP contribution in [0.25, 0.3) is 0 Å². The van der Waals surface area contributed by atoms with Crippen molar-refractivity contribution in [3.05, 3.63) is 18.2 Å². The van der Waals surface area contributed by atoms with Gasteiger partial charge in [-0.2, -0.15) is 0 Å². The second kappa shape index (κ2) is 5.78. The highest BCUT2D eigenvalue weighted by Gasteiger charge is 1.99. The van der Waals surface area contributed by atoms with Crippen molar-refractivity contribution in [1.29, 1.82) is 0 Å². The Balaban J connectivity index is 2.24. The van der Waals surface area contributed by atoms with Gasteiger partial charge < -0.3 is 15.0 Å². The van der Waals surface area contributed by atoms with Crippen molar-refractivity contribution in [2.45, 2.75) is 39.5 Å². The molecule has 4 heteroatoms. The zero-order chi connectivity index (χ0) is 10.4. The molecule has 0 saturated heterocycles. The number of hydrogen-bond donors (Lipinski definition) is 1. The van der Waals surface area contributed by atoms with Gasteiger partial charge in [0.2, 0.25) is 0 Å². The van der Waals surface area contributed by atoms with Gasteiger partial charge in [0.15, 0.2) is 0 Å². The Hall–Kier alpha value is -0.870. The van der Waals surface area contributed by atoms with Gasteiger partial charge in [-0.25, -0.2) is 4.98 Å². The summed E-state index contributed by atoms with van der Waals surface area (Å²) in [6.45, 7) is 6.31. The highest BCUT2D eigenvalue weighted by atomic mass is 16.5. The lowest BCUT2D eigenvalue weighted by molar-refractivity contribution is 0.0747. The number of aryl methyl sites for hydroxylation is 1. The average molecular weight is 197 g/mol. The molecule has 2 N–H and O–H groups in total. The lowest BCUT2D eigenvalue weighted by atomic mass is 10.4. The van der Waals surface area contributed by atoms with E-state index in [9.17, 15) is 0 Å². The molecule has 14 heavy (non-hydrogen) atoms. The number of hydrogen-bond acceptors (Lipinski definition) is 3. The zero-order valence-electron chi connectivity index (χ0n) is 8.94. The normalized spacial score (nSPS) is 11.1. The van der Waals surface area contributed by atoms with Gasteiger partial charge in [0.05, 0.1) is 12.6 Å². The van der Waals surface area contributed by atoms with E-state index in [0.717, 1.165) is 25.4 Å². The van der Waals surface area contributed by atoms with Gasteiger partial charge in [-0.15, -0.1) is 0 Å². The molecule has 1 aromatic rings. The molecule has 0 saturated carbocycles. The summed E-state index contributed by atoms with van der Waals surface area (Å²) in [6, 6.07) is 0. The molecular weight excluding hydrogens is 178 g/mol. The molecule has 0 aliphatic heterocycles. The summed E-state index contributed by atoms with van der Waals surface area (Å²) in [5.41, 5.74) is 5.53. The van der Waals surface area contributed by atoms with E-state index in [4.69, 9.17) is 10.5 Å². The summed E-state index contributed by atoms with van der Waals surface area (Å²) in [7, 11) is 0. The number of nitrogens with two attached hydrogens (primary N) is 1. The van der Waals surface area contributed by atoms with Gasteiger partial charge >= 0.3 is 0 Å². The summed E-state index contributed by atoms with van der Waals surface area (Å²) < 4.78 is 7.52. The van der Waals surface area contributed by atoms with Crippen molar-refractivity contribution in [1.82, 2.24) is 9.55 Å². The van der Waals surface area contributed by atoms with Gasteiger partial charge in [0.1, 0.15) is 5.82 Å². The van der Waals surface area contributed by atoms with Crippen molar-refractivity contribution < 1.29 is 4.74 Å². The first-order chi connectivity index (χ1) is 6.74. The third-order valence-electron chi connectivity index (χ3n) is 1.98. The standard InChI is InChI=1S/C10H19N3O/c1-9(2)14-7-3-5-13-6-4-12-10(13)8-11/h4,6,9H,3,5,7-8,11H2,1-2H3. The quantitative estimate of drug-likeness (QED) is 0.696. The van der Waals surface area contributed by atoms with Gasteiger partial charge in [0.25, 0.3) is 0 Å². The maximum atomic E-state index is 5.53. The average Bonchev–Trinajstić information content (AvgIpc) is 2.59. The first-order valence-corrected chi connectivity index (χ1v) is 5.05. The molecule has 1 heterocycles. The topological polar surface area (TPSA) is 53.1 Å². The van der Waals surface area contributed by atoms with Crippen LogP contribution in [0.5, 0.6) is 0 Å². The van der Waals surface area contributed by atoms with E-state index in [1.165, 1.54) is 0 Å². The fourth-order valence-electron chi connectivity index (χ4n) is 1.29. The Kier molecular flexibility index (Phi) is 4.62. The molecule has 0 fully saturated rings. The van der Waals surface area contributed by atoms with E-state index in [-0.39, 0.29) is 0 Å². The van der Waals surface area contributed by atoms with E-state index in [1.54, 1.807) is 6.20 Å². The maximum absolute atomic E-state index is 5.53. The molecule has 0 aromatic carbocycles. The van der Waals surface area contributed by atoms with Gasteiger partial charge in [0, 0.05) is 25.5 Å². The van der Waals surface area contributed by atoms with Crippen LogP contribution < -0.4 is 5.73 Å². The lowest BCUT2D eigenvalue weighted by Crippen LogP contribution is -2.11. The second-order valence-corrected chi connectivity index (χ2v) is 3.51. The summed E-state index contributed by atoms with van der Waals surface area (Å²) in [5, 5.41) is 0. The predicted octanol–water partition coefficient (Wildman–Crippen LogP) is 1.16. The van der Waals surface area contributed by atoms with Crippen molar-refractivity contribution >= 4 is 0 Å². The minimum absolute atomic E-state index is 0.312. The second-order valence-electron chi connectivity index (χ2n) is 3.51. The van der Waals surface area contributed by atoms with Crippen molar-refractivity contribution in [2.24, 2.45) is 5.73 Å². The van der Waals surface area contributed by atoms with E-state index >= 15 is 0 Å². The minimum Gasteiger partial charge on any atom is -0.379 e. The fourth-order valence-corrected chi connectivity index (χ4v) is 1.29. The molecule has 4 nitrogen and oxygen atoms in total. The molecule has 0 unspecified atom stereocenters. The molecule has 0 amide bonds. The molecule has 0 atom stereocenters. The van der Waals surface area contributed by atoms with Gasteiger partial charge in [-0.3, -0.25) is 0 Å². The first kappa shape index (κ1) is 11.2. The number of aromatic nitrogens is 2. The van der Waals surface area contributed by atoms with Gasteiger partial charge in [-0.1, -0.05) is 0 Å². The summed E-state index contributed by atoms with van der Waals surface area (Å²) in [5.74, 6) is 0.939.